The van der Waals surface area contributed by atoms with Crippen molar-refractivity contribution in [3.8, 4) is 5.69 Å². The standard InChI is InChI=1S/C10H10FN5/c11-7-3-4-9(8(12)5-7)16-10(6-1-2-6)13-14-15-16/h3-6H,1-2,12H2. The molecule has 3 rings (SSSR count). The van der Waals surface area contributed by atoms with Crippen LogP contribution < -0.4 is 5.73 Å². The maximum atomic E-state index is 12.9. The molecule has 0 unspecified atom stereocenters. The molecule has 1 fully saturated rings. The number of nitrogens with zero attached hydrogens (tertiary/aromatic N) is 4. The van der Waals surface area contributed by atoms with Crippen molar-refractivity contribution in [2.75, 3.05) is 5.73 Å². The van der Waals surface area contributed by atoms with Crippen molar-refractivity contribution in [3.63, 3.8) is 0 Å². The average Bonchev–Trinajstić information content (AvgIpc) is 2.98. The maximum Gasteiger partial charge on any atom is 0.159 e. The second-order valence-electron chi connectivity index (χ2n) is 3.93. The Labute approximate surface area is 91.1 Å². The molecule has 16 heavy (non-hydrogen) atoms. The zero-order chi connectivity index (χ0) is 11.1. The van der Waals surface area contributed by atoms with E-state index in [1.165, 1.54) is 12.1 Å². The summed E-state index contributed by atoms with van der Waals surface area (Å²) in [5.74, 6) is 0.861. The van der Waals surface area contributed by atoms with Crippen molar-refractivity contribution in [1.29, 1.82) is 0 Å². The summed E-state index contributed by atoms with van der Waals surface area (Å²) in [5.41, 5.74) is 6.72. The van der Waals surface area contributed by atoms with Crippen LogP contribution >= 0.6 is 0 Å². The highest BCUT2D eigenvalue weighted by Crippen LogP contribution is 2.39. The first-order valence-corrected chi connectivity index (χ1v) is 5.09. The number of anilines is 1. The van der Waals surface area contributed by atoms with Gasteiger partial charge in [0.05, 0.1) is 11.4 Å². The fourth-order valence-corrected chi connectivity index (χ4v) is 1.68. The molecule has 2 aromatic rings. The van der Waals surface area contributed by atoms with Gasteiger partial charge in [-0.1, -0.05) is 0 Å². The van der Waals surface area contributed by atoms with E-state index < -0.39 is 0 Å². The van der Waals surface area contributed by atoms with Gasteiger partial charge in [0.1, 0.15) is 5.82 Å². The van der Waals surface area contributed by atoms with E-state index in [1.807, 2.05) is 0 Å². The minimum atomic E-state index is -0.359. The number of benzene rings is 1. The van der Waals surface area contributed by atoms with Gasteiger partial charge in [-0.25, -0.2) is 4.39 Å². The molecule has 0 bridgehead atoms. The average molecular weight is 219 g/mol. The molecule has 6 heteroatoms. The summed E-state index contributed by atoms with van der Waals surface area (Å²) >= 11 is 0. The molecule has 0 aliphatic heterocycles. The van der Waals surface area contributed by atoms with E-state index in [2.05, 4.69) is 15.5 Å². The number of tetrazole rings is 1. The van der Waals surface area contributed by atoms with Gasteiger partial charge < -0.3 is 5.73 Å². The van der Waals surface area contributed by atoms with Gasteiger partial charge >= 0.3 is 0 Å². The van der Waals surface area contributed by atoms with Crippen molar-refractivity contribution in [2.24, 2.45) is 0 Å². The molecule has 2 N–H and O–H groups in total. The van der Waals surface area contributed by atoms with Crippen LogP contribution in [0.4, 0.5) is 10.1 Å². The van der Waals surface area contributed by atoms with Gasteiger partial charge in [-0.05, 0) is 41.5 Å². The Kier molecular flexibility index (Phi) is 1.89. The Hall–Kier alpha value is -1.98. The lowest BCUT2D eigenvalue weighted by atomic mass is 10.2. The minimum absolute atomic E-state index is 0.342. The molecule has 0 radical (unpaired) electrons. The topological polar surface area (TPSA) is 69.6 Å². The largest absolute Gasteiger partial charge is 0.397 e. The normalized spacial score (nSPS) is 15.3. The third kappa shape index (κ3) is 1.42. The Morgan fingerprint density at radius 3 is 2.88 bits per heavy atom. The molecular weight excluding hydrogens is 209 g/mol. The number of nitrogen functional groups attached to an aromatic ring is 1. The number of aromatic nitrogens is 4. The van der Waals surface area contributed by atoms with Crippen LogP contribution in [0.25, 0.3) is 5.69 Å². The van der Waals surface area contributed by atoms with E-state index in [-0.39, 0.29) is 5.82 Å². The summed E-state index contributed by atoms with van der Waals surface area (Å²) in [6.45, 7) is 0. The minimum Gasteiger partial charge on any atom is -0.397 e. The van der Waals surface area contributed by atoms with E-state index >= 15 is 0 Å². The van der Waals surface area contributed by atoms with Gasteiger partial charge in [0, 0.05) is 5.92 Å². The highest BCUT2D eigenvalue weighted by atomic mass is 19.1. The number of halogens is 1. The molecule has 1 aromatic carbocycles. The van der Waals surface area contributed by atoms with E-state index in [0.717, 1.165) is 18.7 Å². The van der Waals surface area contributed by atoms with Crippen molar-refractivity contribution in [3.05, 3.63) is 29.8 Å². The molecule has 1 aromatic heterocycles. The highest BCUT2D eigenvalue weighted by molar-refractivity contribution is 5.57. The molecule has 0 amide bonds. The van der Waals surface area contributed by atoms with Crippen LogP contribution in [0.2, 0.25) is 0 Å². The van der Waals surface area contributed by atoms with Gasteiger partial charge in [0.15, 0.2) is 5.82 Å². The van der Waals surface area contributed by atoms with Gasteiger partial charge in [0.25, 0.3) is 0 Å². The number of hydrogen-bond acceptors (Lipinski definition) is 4. The van der Waals surface area contributed by atoms with Crippen molar-refractivity contribution < 1.29 is 4.39 Å². The lowest BCUT2D eigenvalue weighted by Gasteiger charge is -2.06. The smallest absolute Gasteiger partial charge is 0.159 e. The fraction of sp³-hybridized carbons (Fsp3) is 0.300. The SMILES string of the molecule is Nc1cc(F)ccc1-n1nnnc1C1CC1. The maximum absolute atomic E-state index is 12.9. The lowest BCUT2D eigenvalue weighted by Crippen LogP contribution is -2.05. The molecule has 0 atom stereocenters. The number of nitrogens with two attached hydrogens (primary N) is 1. The van der Waals surface area contributed by atoms with Crippen LogP contribution in [0.3, 0.4) is 0 Å². The summed E-state index contributed by atoms with van der Waals surface area (Å²) in [4.78, 5) is 0. The van der Waals surface area contributed by atoms with E-state index in [1.54, 1.807) is 10.7 Å². The van der Waals surface area contributed by atoms with Crippen LogP contribution in [0, 0.1) is 5.82 Å². The zero-order valence-corrected chi connectivity index (χ0v) is 8.47. The van der Waals surface area contributed by atoms with Crippen molar-refractivity contribution in [2.45, 2.75) is 18.8 Å². The third-order valence-electron chi connectivity index (χ3n) is 2.65. The van der Waals surface area contributed by atoms with Crippen LogP contribution in [0.5, 0.6) is 0 Å². The van der Waals surface area contributed by atoms with Crippen molar-refractivity contribution >= 4 is 5.69 Å². The summed E-state index contributed by atoms with van der Waals surface area (Å²) < 4.78 is 14.5. The first kappa shape index (κ1) is 9.26. The van der Waals surface area contributed by atoms with Crippen LogP contribution in [-0.4, -0.2) is 20.2 Å². The first-order chi connectivity index (χ1) is 7.75. The Balaban J connectivity index is 2.10. The molecule has 1 aliphatic rings. The quantitative estimate of drug-likeness (QED) is 0.772. The molecule has 82 valence electrons. The molecule has 0 spiro atoms. The monoisotopic (exact) mass is 219 g/mol. The van der Waals surface area contributed by atoms with Gasteiger partial charge in [-0.3, -0.25) is 0 Å². The lowest BCUT2D eigenvalue weighted by molar-refractivity contribution is 0.627. The molecule has 1 saturated carbocycles. The Morgan fingerprint density at radius 1 is 1.38 bits per heavy atom. The zero-order valence-electron chi connectivity index (χ0n) is 8.47. The van der Waals surface area contributed by atoms with E-state index in [0.29, 0.717) is 17.3 Å². The van der Waals surface area contributed by atoms with Crippen LogP contribution in [0.1, 0.15) is 24.6 Å². The van der Waals surface area contributed by atoms with E-state index in [4.69, 9.17) is 5.73 Å². The van der Waals surface area contributed by atoms with E-state index in [9.17, 15) is 4.39 Å². The molecule has 5 nitrogen and oxygen atoms in total. The van der Waals surface area contributed by atoms with Crippen LogP contribution in [0.15, 0.2) is 18.2 Å². The van der Waals surface area contributed by atoms with Crippen LogP contribution in [-0.2, 0) is 0 Å². The van der Waals surface area contributed by atoms with Gasteiger partial charge in [0.2, 0.25) is 0 Å². The number of rotatable bonds is 2. The van der Waals surface area contributed by atoms with Gasteiger partial charge in [-0.2, -0.15) is 4.68 Å². The Morgan fingerprint density at radius 2 is 2.19 bits per heavy atom. The molecule has 0 saturated heterocycles. The third-order valence-corrected chi connectivity index (χ3v) is 2.65. The predicted octanol–water partition coefficient (Wildman–Crippen LogP) is 1.26. The second-order valence-corrected chi connectivity index (χ2v) is 3.93. The molecule has 1 heterocycles. The summed E-state index contributed by atoms with van der Waals surface area (Å²) in [7, 11) is 0. The number of hydrogen-bond donors (Lipinski definition) is 1. The Bertz CT molecular complexity index is 532. The summed E-state index contributed by atoms with van der Waals surface area (Å²) in [6, 6.07) is 4.21. The first-order valence-electron chi connectivity index (χ1n) is 5.09. The van der Waals surface area contributed by atoms with Gasteiger partial charge in [-0.15, -0.1) is 5.10 Å². The highest BCUT2D eigenvalue weighted by Gasteiger charge is 2.30. The summed E-state index contributed by atoms with van der Waals surface area (Å²) in [5, 5.41) is 11.5. The fourth-order valence-electron chi connectivity index (χ4n) is 1.68. The molecular formula is C10H10FN5. The predicted molar refractivity (Wildman–Crippen MR) is 55.5 cm³/mol. The molecule has 1 aliphatic carbocycles. The summed E-state index contributed by atoms with van der Waals surface area (Å²) in [6.07, 6.45) is 2.20. The van der Waals surface area contributed by atoms with Crippen molar-refractivity contribution in [1.82, 2.24) is 20.2 Å². The second kappa shape index (κ2) is 3.26.